The minimum atomic E-state index is -0.841. The smallest absolute Gasteiger partial charge is 0.128 e. The van der Waals surface area contributed by atoms with Crippen LogP contribution in [0.25, 0.3) is 0 Å². The largest absolute Gasteiger partial charge is 0.322 e. The van der Waals surface area contributed by atoms with Gasteiger partial charge in [0, 0.05) is 5.56 Å². The van der Waals surface area contributed by atoms with E-state index in [0.717, 1.165) is 0 Å². The summed E-state index contributed by atoms with van der Waals surface area (Å²) in [6.07, 6.45) is 0. The molecule has 0 aliphatic carbocycles. The molecule has 0 radical (unpaired) electrons. The molecule has 0 aliphatic heterocycles. The number of hydrogen-bond donors (Lipinski definition) is 1. The van der Waals surface area contributed by atoms with Crippen LogP contribution in [0.2, 0.25) is 0 Å². The first-order chi connectivity index (χ1) is 5.66. The third-order valence-electron chi connectivity index (χ3n) is 1.81. The molecule has 0 aromatic heterocycles. The standard InChI is InChI=1S/C9H11F2N/c1-6-3-2-4-7(11)9(6)8(12)5-10/h2-4,8H,5,12H2,1H3/t8-/m1/s1. The lowest BCUT2D eigenvalue weighted by Crippen LogP contribution is -2.15. The summed E-state index contributed by atoms with van der Waals surface area (Å²) >= 11 is 0. The normalized spacial score (nSPS) is 13.0. The van der Waals surface area contributed by atoms with Crippen LogP contribution >= 0.6 is 0 Å². The summed E-state index contributed by atoms with van der Waals surface area (Å²) in [5, 5.41) is 0. The van der Waals surface area contributed by atoms with Gasteiger partial charge in [0.25, 0.3) is 0 Å². The van der Waals surface area contributed by atoms with Crippen molar-refractivity contribution in [3.8, 4) is 0 Å². The van der Waals surface area contributed by atoms with Crippen molar-refractivity contribution in [2.24, 2.45) is 5.73 Å². The van der Waals surface area contributed by atoms with Crippen molar-refractivity contribution in [3.63, 3.8) is 0 Å². The predicted octanol–water partition coefficient (Wildman–Crippen LogP) is 2.10. The molecule has 1 nitrogen and oxygen atoms in total. The lowest BCUT2D eigenvalue weighted by molar-refractivity contribution is 0.425. The molecule has 3 heteroatoms. The fraction of sp³-hybridized carbons (Fsp3) is 0.333. The molecular weight excluding hydrogens is 160 g/mol. The van der Waals surface area contributed by atoms with E-state index in [2.05, 4.69) is 0 Å². The van der Waals surface area contributed by atoms with Crippen LogP contribution in [0, 0.1) is 12.7 Å². The Morgan fingerprint density at radius 2 is 2.17 bits per heavy atom. The maximum atomic E-state index is 13.0. The highest BCUT2D eigenvalue weighted by Gasteiger charge is 2.12. The van der Waals surface area contributed by atoms with Crippen molar-refractivity contribution in [1.82, 2.24) is 0 Å². The molecule has 0 amide bonds. The van der Waals surface area contributed by atoms with Gasteiger partial charge in [0.2, 0.25) is 0 Å². The van der Waals surface area contributed by atoms with Gasteiger partial charge in [0.1, 0.15) is 12.5 Å². The van der Waals surface area contributed by atoms with Crippen molar-refractivity contribution in [1.29, 1.82) is 0 Å². The molecule has 1 atom stereocenters. The second-order valence-corrected chi connectivity index (χ2v) is 2.73. The number of hydrogen-bond acceptors (Lipinski definition) is 1. The van der Waals surface area contributed by atoms with Crippen LogP contribution in [0.4, 0.5) is 8.78 Å². The minimum Gasteiger partial charge on any atom is -0.322 e. The van der Waals surface area contributed by atoms with Gasteiger partial charge in [-0.25, -0.2) is 8.78 Å². The summed E-state index contributed by atoms with van der Waals surface area (Å²) in [4.78, 5) is 0. The summed E-state index contributed by atoms with van der Waals surface area (Å²) in [6, 6.07) is 3.75. The number of halogens is 2. The number of rotatable bonds is 2. The van der Waals surface area contributed by atoms with E-state index in [1.165, 1.54) is 6.07 Å². The Hall–Kier alpha value is -0.960. The van der Waals surface area contributed by atoms with Crippen molar-refractivity contribution < 1.29 is 8.78 Å². The summed E-state index contributed by atoms with van der Waals surface area (Å²) in [6.45, 7) is 0.982. The van der Waals surface area contributed by atoms with Gasteiger partial charge >= 0.3 is 0 Å². The van der Waals surface area contributed by atoms with Crippen LogP contribution in [0.3, 0.4) is 0 Å². The van der Waals surface area contributed by atoms with E-state index in [1.54, 1.807) is 19.1 Å². The molecular formula is C9H11F2N. The second kappa shape index (κ2) is 3.63. The van der Waals surface area contributed by atoms with E-state index in [0.29, 0.717) is 5.56 Å². The molecule has 0 saturated heterocycles. The summed E-state index contributed by atoms with van der Waals surface area (Å²) in [5.41, 5.74) is 6.35. The van der Waals surface area contributed by atoms with Gasteiger partial charge in [-0.1, -0.05) is 12.1 Å². The fourth-order valence-corrected chi connectivity index (χ4v) is 1.19. The predicted molar refractivity (Wildman–Crippen MR) is 44.0 cm³/mol. The lowest BCUT2D eigenvalue weighted by atomic mass is 10.0. The summed E-state index contributed by atoms with van der Waals surface area (Å²) < 4.78 is 25.2. The number of alkyl halides is 1. The monoisotopic (exact) mass is 171 g/mol. The van der Waals surface area contributed by atoms with Crippen molar-refractivity contribution in [2.45, 2.75) is 13.0 Å². The molecule has 0 aliphatic rings. The van der Waals surface area contributed by atoms with Crippen LogP contribution in [-0.4, -0.2) is 6.67 Å². The van der Waals surface area contributed by atoms with Crippen LogP contribution in [0.5, 0.6) is 0 Å². The van der Waals surface area contributed by atoms with Crippen molar-refractivity contribution in [3.05, 3.63) is 35.1 Å². The molecule has 1 aromatic rings. The Morgan fingerprint density at radius 1 is 1.50 bits per heavy atom. The highest BCUT2D eigenvalue weighted by atomic mass is 19.1. The molecule has 0 bridgehead atoms. The van der Waals surface area contributed by atoms with Crippen LogP contribution in [0.15, 0.2) is 18.2 Å². The van der Waals surface area contributed by atoms with Crippen LogP contribution in [-0.2, 0) is 0 Å². The van der Waals surface area contributed by atoms with Gasteiger partial charge in [-0.05, 0) is 18.6 Å². The number of aryl methyl sites for hydroxylation is 1. The van der Waals surface area contributed by atoms with Crippen LogP contribution < -0.4 is 5.73 Å². The Morgan fingerprint density at radius 3 is 2.67 bits per heavy atom. The minimum absolute atomic E-state index is 0.278. The van der Waals surface area contributed by atoms with Crippen LogP contribution in [0.1, 0.15) is 17.2 Å². The molecule has 0 heterocycles. The first-order valence-electron chi connectivity index (χ1n) is 3.73. The zero-order chi connectivity index (χ0) is 9.14. The highest BCUT2D eigenvalue weighted by Crippen LogP contribution is 2.19. The Labute approximate surface area is 70.2 Å². The van der Waals surface area contributed by atoms with E-state index in [1.807, 2.05) is 0 Å². The molecule has 2 N–H and O–H groups in total. The molecule has 0 unspecified atom stereocenters. The van der Waals surface area contributed by atoms with E-state index in [4.69, 9.17) is 5.73 Å². The molecule has 0 saturated carbocycles. The third-order valence-corrected chi connectivity index (χ3v) is 1.81. The van der Waals surface area contributed by atoms with E-state index in [-0.39, 0.29) is 5.56 Å². The summed E-state index contributed by atoms with van der Waals surface area (Å²) in [7, 11) is 0. The lowest BCUT2D eigenvalue weighted by Gasteiger charge is -2.11. The van der Waals surface area contributed by atoms with Gasteiger partial charge in [0.05, 0.1) is 6.04 Å². The zero-order valence-electron chi connectivity index (χ0n) is 6.85. The molecule has 66 valence electrons. The Balaban J connectivity index is 3.12. The van der Waals surface area contributed by atoms with Gasteiger partial charge in [-0.15, -0.1) is 0 Å². The van der Waals surface area contributed by atoms with Gasteiger partial charge in [0.15, 0.2) is 0 Å². The molecule has 12 heavy (non-hydrogen) atoms. The van der Waals surface area contributed by atoms with Gasteiger partial charge < -0.3 is 5.73 Å². The van der Waals surface area contributed by atoms with Crippen molar-refractivity contribution >= 4 is 0 Å². The van der Waals surface area contributed by atoms with Gasteiger partial charge in [-0.2, -0.15) is 0 Å². The maximum Gasteiger partial charge on any atom is 0.128 e. The van der Waals surface area contributed by atoms with E-state index in [9.17, 15) is 8.78 Å². The molecule has 1 aromatic carbocycles. The quantitative estimate of drug-likeness (QED) is 0.724. The van der Waals surface area contributed by atoms with E-state index < -0.39 is 18.5 Å². The Kier molecular flexibility index (Phi) is 2.76. The maximum absolute atomic E-state index is 13.0. The molecule has 1 rings (SSSR count). The number of nitrogens with two attached hydrogens (primary N) is 1. The SMILES string of the molecule is Cc1cccc(F)c1[C@H](N)CF. The Bertz CT molecular complexity index is 253. The van der Waals surface area contributed by atoms with Crippen molar-refractivity contribution in [2.75, 3.05) is 6.67 Å². The topological polar surface area (TPSA) is 26.0 Å². The highest BCUT2D eigenvalue weighted by molar-refractivity contribution is 5.30. The zero-order valence-corrected chi connectivity index (χ0v) is 6.85. The summed E-state index contributed by atoms with van der Waals surface area (Å²) in [5.74, 6) is -0.430. The average Bonchev–Trinajstić information content (AvgIpc) is 2.03. The molecule has 0 spiro atoms. The average molecular weight is 171 g/mol. The third kappa shape index (κ3) is 1.61. The first-order valence-corrected chi connectivity index (χ1v) is 3.73. The first kappa shape index (κ1) is 9.13. The molecule has 0 fully saturated rings. The van der Waals surface area contributed by atoms with Gasteiger partial charge in [-0.3, -0.25) is 0 Å². The number of benzene rings is 1. The second-order valence-electron chi connectivity index (χ2n) is 2.73. The van der Waals surface area contributed by atoms with E-state index >= 15 is 0 Å². The fourth-order valence-electron chi connectivity index (χ4n) is 1.19.